The molecule has 0 unspecified atom stereocenters. The molecule has 0 saturated carbocycles. The molecule has 19 heavy (non-hydrogen) atoms. The Labute approximate surface area is 106 Å². The van der Waals surface area contributed by atoms with Gasteiger partial charge in [0, 0.05) is 11.9 Å². The lowest BCUT2D eigenvalue weighted by Gasteiger charge is -2.14. The standard InChI is InChI=1S/C12H9FN4O2/c1-7-6-17(12(19)14-7)9-10(13)16-5-3-2-4-8(16)15-11(9)18/h2-5H,1,6H2,(H,14,19). The molecule has 0 aromatic carbocycles. The topological polar surface area (TPSA) is 66.7 Å². The van der Waals surface area contributed by atoms with E-state index in [9.17, 15) is 14.0 Å². The quantitative estimate of drug-likeness (QED) is 0.774. The molecule has 1 aliphatic heterocycles. The third kappa shape index (κ3) is 1.67. The van der Waals surface area contributed by atoms with Gasteiger partial charge in [0.25, 0.3) is 5.56 Å². The highest BCUT2D eigenvalue weighted by Gasteiger charge is 2.30. The van der Waals surface area contributed by atoms with Gasteiger partial charge in [-0.25, -0.2) is 4.79 Å². The van der Waals surface area contributed by atoms with Gasteiger partial charge in [-0.05, 0) is 12.1 Å². The summed E-state index contributed by atoms with van der Waals surface area (Å²) in [5.74, 6) is -0.819. The van der Waals surface area contributed by atoms with Crippen molar-refractivity contribution in [3.63, 3.8) is 0 Å². The molecule has 1 N–H and O–H groups in total. The highest BCUT2D eigenvalue weighted by molar-refractivity contribution is 5.96. The predicted octanol–water partition coefficient (Wildman–Crippen LogP) is 0.877. The van der Waals surface area contributed by atoms with Gasteiger partial charge in [0.1, 0.15) is 5.65 Å². The molecule has 0 radical (unpaired) electrons. The summed E-state index contributed by atoms with van der Waals surface area (Å²) in [6.07, 6.45) is 1.43. The van der Waals surface area contributed by atoms with E-state index < -0.39 is 17.5 Å². The van der Waals surface area contributed by atoms with Crippen molar-refractivity contribution in [3.8, 4) is 0 Å². The second-order valence-corrected chi connectivity index (χ2v) is 4.11. The van der Waals surface area contributed by atoms with E-state index in [1.54, 1.807) is 12.1 Å². The van der Waals surface area contributed by atoms with E-state index in [1.165, 1.54) is 12.3 Å². The van der Waals surface area contributed by atoms with E-state index in [2.05, 4.69) is 16.9 Å². The van der Waals surface area contributed by atoms with Gasteiger partial charge in [0.05, 0.1) is 6.54 Å². The van der Waals surface area contributed by atoms with Crippen LogP contribution in [-0.4, -0.2) is 22.0 Å². The highest BCUT2D eigenvalue weighted by atomic mass is 19.1. The second kappa shape index (κ2) is 3.91. The first-order chi connectivity index (χ1) is 9.08. The molecule has 3 heterocycles. The molecule has 2 aromatic heterocycles. The van der Waals surface area contributed by atoms with Gasteiger partial charge < -0.3 is 5.32 Å². The molecule has 7 heteroatoms. The molecule has 0 aliphatic carbocycles. The van der Waals surface area contributed by atoms with Crippen LogP contribution in [0.2, 0.25) is 0 Å². The number of aromatic nitrogens is 2. The normalized spacial score (nSPS) is 15.1. The summed E-state index contributed by atoms with van der Waals surface area (Å²) in [6, 6.07) is 4.18. The first-order valence-electron chi connectivity index (χ1n) is 5.51. The predicted molar refractivity (Wildman–Crippen MR) is 66.4 cm³/mol. The van der Waals surface area contributed by atoms with Crippen molar-refractivity contribution >= 4 is 17.4 Å². The smallest absolute Gasteiger partial charge is 0.310 e. The van der Waals surface area contributed by atoms with Crippen LogP contribution in [0.4, 0.5) is 14.9 Å². The molecule has 2 aromatic rings. The zero-order chi connectivity index (χ0) is 13.6. The van der Waals surface area contributed by atoms with E-state index in [0.29, 0.717) is 5.70 Å². The summed E-state index contributed by atoms with van der Waals surface area (Å²) in [4.78, 5) is 28.3. The Kier molecular flexibility index (Phi) is 2.34. The van der Waals surface area contributed by atoms with Crippen molar-refractivity contribution in [3.05, 3.63) is 53.0 Å². The number of carbonyl (C=O) groups is 1. The number of pyridine rings is 1. The summed E-state index contributed by atoms with van der Waals surface area (Å²) in [6.45, 7) is 3.62. The van der Waals surface area contributed by atoms with Gasteiger partial charge in [-0.15, -0.1) is 0 Å². The first-order valence-corrected chi connectivity index (χ1v) is 5.51. The van der Waals surface area contributed by atoms with Crippen LogP contribution in [-0.2, 0) is 0 Å². The molecule has 3 rings (SSSR count). The molecular formula is C12H9FN4O2. The summed E-state index contributed by atoms with van der Waals surface area (Å²) in [5.41, 5.74) is -0.567. The van der Waals surface area contributed by atoms with Crippen molar-refractivity contribution in [2.45, 2.75) is 0 Å². The lowest BCUT2D eigenvalue weighted by atomic mass is 10.4. The van der Waals surface area contributed by atoms with Crippen LogP contribution in [0.5, 0.6) is 0 Å². The number of rotatable bonds is 1. The van der Waals surface area contributed by atoms with Crippen LogP contribution < -0.4 is 15.8 Å². The minimum Gasteiger partial charge on any atom is -0.310 e. The maximum atomic E-state index is 14.4. The lowest BCUT2D eigenvalue weighted by Crippen LogP contribution is -2.34. The molecular weight excluding hydrogens is 251 g/mol. The van der Waals surface area contributed by atoms with Crippen LogP contribution in [0.1, 0.15) is 0 Å². The van der Waals surface area contributed by atoms with Gasteiger partial charge in [0.15, 0.2) is 5.69 Å². The fraction of sp³-hybridized carbons (Fsp3) is 0.0833. The monoisotopic (exact) mass is 260 g/mol. The van der Waals surface area contributed by atoms with Crippen molar-refractivity contribution in [2.75, 3.05) is 11.4 Å². The molecule has 1 fully saturated rings. The number of carbonyl (C=O) groups excluding carboxylic acids is 1. The average Bonchev–Trinajstić information content (AvgIpc) is 2.68. The molecule has 0 atom stereocenters. The lowest BCUT2D eigenvalue weighted by molar-refractivity contribution is 0.252. The largest absolute Gasteiger partial charge is 0.326 e. The Morgan fingerprint density at radius 1 is 1.37 bits per heavy atom. The summed E-state index contributed by atoms with van der Waals surface area (Å²) >= 11 is 0. The van der Waals surface area contributed by atoms with E-state index in [4.69, 9.17) is 0 Å². The Bertz CT molecular complexity index is 768. The van der Waals surface area contributed by atoms with E-state index in [0.717, 1.165) is 9.30 Å². The SMILES string of the molecule is C=C1CN(c2c(F)n3ccccc3nc2=O)C(=O)N1. The Morgan fingerprint density at radius 3 is 2.84 bits per heavy atom. The number of halogens is 1. The van der Waals surface area contributed by atoms with Crippen molar-refractivity contribution in [2.24, 2.45) is 0 Å². The number of hydrogen-bond donors (Lipinski definition) is 1. The Morgan fingerprint density at radius 2 is 2.16 bits per heavy atom. The molecule has 0 spiro atoms. The summed E-state index contributed by atoms with van der Waals surface area (Å²) in [7, 11) is 0. The van der Waals surface area contributed by atoms with Gasteiger partial charge in [0.2, 0.25) is 5.95 Å². The first kappa shape index (κ1) is 11.4. The number of amides is 2. The van der Waals surface area contributed by atoms with Crippen LogP contribution in [0.15, 0.2) is 41.5 Å². The Balaban J connectivity index is 2.27. The fourth-order valence-electron chi connectivity index (χ4n) is 1.98. The number of fused-ring (bicyclic) bond motifs is 1. The van der Waals surface area contributed by atoms with E-state index in [1.807, 2.05) is 0 Å². The van der Waals surface area contributed by atoms with Crippen molar-refractivity contribution < 1.29 is 9.18 Å². The summed E-state index contributed by atoms with van der Waals surface area (Å²) in [5, 5.41) is 2.42. The number of urea groups is 1. The van der Waals surface area contributed by atoms with Crippen molar-refractivity contribution in [1.82, 2.24) is 14.7 Å². The number of hydrogen-bond acceptors (Lipinski definition) is 3. The van der Waals surface area contributed by atoms with Gasteiger partial charge in [-0.1, -0.05) is 12.6 Å². The number of nitrogens with one attached hydrogen (secondary N) is 1. The second-order valence-electron chi connectivity index (χ2n) is 4.11. The van der Waals surface area contributed by atoms with E-state index in [-0.39, 0.29) is 17.9 Å². The third-order valence-electron chi connectivity index (χ3n) is 2.81. The number of anilines is 1. The summed E-state index contributed by atoms with van der Waals surface area (Å²) < 4.78 is 15.5. The molecule has 6 nitrogen and oxygen atoms in total. The van der Waals surface area contributed by atoms with Crippen LogP contribution in [0.3, 0.4) is 0 Å². The average molecular weight is 260 g/mol. The fourth-order valence-corrected chi connectivity index (χ4v) is 1.98. The molecule has 1 saturated heterocycles. The minimum absolute atomic E-state index is 0.0472. The number of nitrogens with zero attached hydrogens (tertiary/aromatic N) is 3. The van der Waals surface area contributed by atoms with Gasteiger partial charge in [-0.2, -0.15) is 9.37 Å². The molecule has 2 amide bonds. The van der Waals surface area contributed by atoms with Gasteiger partial charge in [-0.3, -0.25) is 14.1 Å². The molecule has 0 bridgehead atoms. The zero-order valence-electron chi connectivity index (χ0n) is 9.76. The molecule has 1 aliphatic rings. The van der Waals surface area contributed by atoms with Crippen molar-refractivity contribution in [1.29, 1.82) is 0 Å². The molecule has 96 valence electrons. The maximum Gasteiger partial charge on any atom is 0.326 e. The maximum absolute atomic E-state index is 14.4. The van der Waals surface area contributed by atoms with E-state index >= 15 is 0 Å². The van der Waals surface area contributed by atoms with Gasteiger partial charge >= 0.3 is 6.03 Å². The zero-order valence-corrected chi connectivity index (χ0v) is 9.76. The minimum atomic E-state index is -0.819. The Hall–Kier alpha value is -2.70. The van der Waals surface area contributed by atoms with Crippen LogP contribution in [0.25, 0.3) is 5.65 Å². The van der Waals surface area contributed by atoms with Crippen LogP contribution in [0, 0.1) is 5.95 Å². The third-order valence-corrected chi connectivity index (χ3v) is 2.81. The highest BCUT2D eigenvalue weighted by Crippen LogP contribution is 2.19. The van der Waals surface area contributed by atoms with Crippen LogP contribution >= 0.6 is 0 Å².